The van der Waals surface area contributed by atoms with Crippen LogP contribution in [0.4, 0.5) is 5.69 Å². The van der Waals surface area contributed by atoms with Gasteiger partial charge in [0.2, 0.25) is 0 Å². The van der Waals surface area contributed by atoms with Crippen molar-refractivity contribution < 1.29 is 4.79 Å². The Morgan fingerprint density at radius 1 is 1.00 bits per heavy atom. The minimum absolute atomic E-state index is 0.119. The van der Waals surface area contributed by atoms with Gasteiger partial charge in [0.15, 0.2) is 0 Å². The number of hydrogen-bond donors (Lipinski definition) is 0. The van der Waals surface area contributed by atoms with Gasteiger partial charge in [-0.15, -0.1) is 11.3 Å². The van der Waals surface area contributed by atoms with E-state index in [4.69, 9.17) is 4.98 Å². The number of aromatic nitrogens is 1. The number of nitrogens with zero attached hydrogens (tertiary/aromatic N) is 3. The Morgan fingerprint density at radius 3 is 2.63 bits per heavy atom. The van der Waals surface area contributed by atoms with E-state index in [-0.39, 0.29) is 11.9 Å². The summed E-state index contributed by atoms with van der Waals surface area (Å²) in [6, 6.07) is 19.3. The number of carbonyl (C=O) groups excluding carboxylic acids is 1. The fraction of sp³-hybridized carbons (Fsp3) is 0.280. The lowest BCUT2D eigenvalue weighted by molar-refractivity contribution is 0.0731. The van der Waals surface area contributed by atoms with Crippen molar-refractivity contribution in [1.29, 1.82) is 0 Å². The molecule has 1 atom stereocenters. The molecule has 30 heavy (non-hydrogen) atoms. The molecule has 1 amide bonds. The van der Waals surface area contributed by atoms with Gasteiger partial charge in [0.1, 0.15) is 4.83 Å². The van der Waals surface area contributed by atoms with Crippen LogP contribution in [-0.4, -0.2) is 41.5 Å². The molecule has 0 unspecified atom stereocenters. The van der Waals surface area contributed by atoms with Crippen LogP contribution in [0, 0.1) is 13.8 Å². The number of pyridine rings is 1. The van der Waals surface area contributed by atoms with Crippen molar-refractivity contribution in [3.05, 3.63) is 70.6 Å². The first-order valence-corrected chi connectivity index (χ1v) is 11.2. The number of rotatable bonds is 2. The summed E-state index contributed by atoms with van der Waals surface area (Å²) >= 11 is 1.50. The topological polar surface area (TPSA) is 36.4 Å². The predicted molar refractivity (Wildman–Crippen MR) is 126 cm³/mol. The van der Waals surface area contributed by atoms with E-state index in [2.05, 4.69) is 74.2 Å². The minimum atomic E-state index is 0.119. The standard InChI is InChI=1S/C25H25N3OS/c1-16-5-4-6-21(12-16)28-10-9-27(15-18(28)3)25(29)23-14-20-13-19-11-17(2)7-8-22(19)26-24(20)30-23/h4-8,11-14,18H,9-10,15H2,1-3H3/t18-/m1/s1. The van der Waals surface area contributed by atoms with Crippen molar-refractivity contribution in [1.82, 2.24) is 9.88 Å². The fourth-order valence-electron chi connectivity index (χ4n) is 4.35. The highest BCUT2D eigenvalue weighted by atomic mass is 32.1. The zero-order chi connectivity index (χ0) is 20.8. The van der Waals surface area contributed by atoms with Gasteiger partial charge in [-0.1, -0.05) is 23.8 Å². The molecule has 0 aliphatic carbocycles. The van der Waals surface area contributed by atoms with Crippen LogP contribution in [0.5, 0.6) is 0 Å². The summed E-state index contributed by atoms with van der Waals surface area (Å²) < 4.78 is 0. The molecule has 4 aromatic rings. The van der Waals surface area contributed by atoms with Gasteiger partial charge in [0.25, 0.3) is 5.91 Å². The maximum absolute atomic E-state index is 13.2. The molecule has 3 heterocycles. The Bertz CT molecular complexity index is 1260. The van der Waals surface area contributed by atoms with Crippen LogP contribution >= 0.6 is 11.3 Å². The van der Waals surface area contributed by atoms with E-state index in [1.54, 1.807) is 0 Å². The smallest absolute Gasteiger partial charge is 0.264 e. The second-order valence-electron chi connectivity index (χ2n) is 8.32. The Labute approximate surface area is 180 Å². The van der Waals surface area contributed by atoms with E-state index in [1.807, 2.05) is 11.0 Å². The third-order valence-electron chi connectivity index (χ3n) is 5.92. The van der Waals surface area contributed by atoms with Gasteiger partial charge in [0.05, 0.1) is 10.4 Å². The van der Waals surface area contributed by atoms with Gasteiger partial charge >= 0.3 is 0 Å². The van der Waals surface area contributed by atoms with E-state index in [9.17, 15) is 4.79 Å². The van der Waals surface area contributed by atoms with Gasteiger partial charge in [0, 0.05) is 42.1 Å². The average Bonchev–Trinajstić information content (AvgIpc) is 3.14. The third-order valence-corrected chi connectivity index (χ3v) is 6.95. The van der Waals surface area contributed by atoms with Crippen molar-refractivity contribution in [3.8, 4) is 0 Å². The van der Waals surface area contributed by atoms with E-state index in [0.29, 0.717) is 0 Å². The summed E-state index contributed by atoms with van der Waals surface area (Å²) in [6.07, 6.45) is 0. The highest BCUT2D eigenvalue weighted by molar-refractivity contribution is 7.20. The van der Waals surface area contributed by atoms with Crippen LogP contribution in [0.2, 0.25) is 0 Å². The Morgan fingerprint density at radius 2 is 1.83 bits per heavy atom. The van der Waals surface area contributed by atoms with Crippen molar-refractivity contribution in [2.24, 2.45) is 0 Å². The lowest BCUT2D eigenvalue weighted by atomic mass is 10.1. The first-order chi connectivity index (χ1) is 14.5. The molecule has 5 heteroatoms. The van der Waals surface area contributed by atoms with Crippen LogP contribution in [0.1, 0.15) is 27.7 Å². The van der Waals surface area contributed by atoms with E-state index in [0.717, 1.165) is 45.6 Å². The van der Waals surface area contributed by atoms with Crippen LogP contribution in [-0.2, 0) is 0 Å². The second kappa shape index (κ2) is 7.40. The monoisotopic (exact) mass is 415 g/mol. The highest BCUT2D eigenvalue weighted by Crippen LogP contribution is 2.30. The van der Waals surface area contributed by atoms with E-state index >= 15 is 0 Å². The largest absolute Gasteiger partial charge is 0.365 e. The Balaban J connectivity index is 1.38. The molecular formula is C25H25N3OS. The molecule has 1 fully saturated rings. The summed E-state index contributed by atoms with van der Waals surface area (Å²) in [7, 11) is 0. The Hall–Kier alpha value is -2.92. The number of fused-ring (bicyclic) bond motifs is 2. The summed E-state index contributed by atoms with van der Waals surface area (Å²) in [5.41, 5.74) is 4.70. The predicted octanol–water partition coefficient (Wildman–Crippen LogP) is 5.42. The molecule has 4 nitrogen and oxygen atoms in total. The number of carbonyl (C=O) groups is 1. The molecule has 1 aliphatic heterocycles. The van der Waals surface area contributed by atoms with Gasteiger partial charge in [-0.2, -0.15) is 0 Å². The molecular weight excluding hydrogens is 390 g/mol. The molecule has 0 saturated carbocycles. The first-order valence-electron chi connectivity index (χ1n) is 10.4. The van der Waals surface area contributed by atoms with Gasteiger partial charge < -0.3 is 9.80 Å². The van der Waals surface area contributed by atoms with Crippen LogP contribution in [0.15, 0.2) is 54.6 Å². The van der Waals surface area contributed by atoms with Crippen LogP contribution in [0.25, 0.3) is 21.1 Å². The molecule has 152 valence electrons. The van der Waals surface area contributed by atoms with Crippen LogP contribution in [0.3, 0.4) is 0 Å². The zero-order valence-electron chi connectivity index (χ0n) is 17.6. The number of aryl methyl sites for hydroxylation is 2. The third kappa shape index (κ3) is 3.43. The normalized spacial score (nSPS) is 17.1. The van der Waals surface area contributed by atoms with Crippen molar-refractivity contribution in [3.63, 3.8) is 0 Å². The molecule has 2 aromatic heterocycles. The highest BCUT2D eigenvalue weighted by Gasteiger charge is 2.28. The van der Waals surface area contributed by atoms with Gasteiger partial charge in [-0.3, -0.25) is 4.79 Å². The second-order valence-corrected chi connectivity index (χ2v) is 9.35. The van der Waals surface area contributed by atoms with Crippen molar-refractivity contribution in [2.45, 2.75) is 26.8 Å². The zero-order valence-corrected chi connectivity index (χ0v) is 18.4. The lowest BCUT2D eigenvalue weighted by Gasteiger charge is -2.41. The molecule has 0 radical (unpaired) electrons. The average molecular weight is 416 g/mol. The summed E-state index contributed by atoms with van der Waals surface area (Å²) in [5, 5.41) is 2.17. The fourth-order valence-corrected chi connectivity index (χ4v) is 5.34. The molecule has 0 spiro atoms. The van der Waals surface area contributed by atoms with Gasteiger partial charge in [-0.25, -0.2) is 4.98 Å². The SMILES string of the molecule is Cc1cccc(N2CCN(C(=O)c3cc4cc5cc(C)ccc5nc4s3)C[C@H]2C)c1. The molecule has 5 rings (SSSR count). The van der Waals surface area contributed by atoms with E-state index < -0.39 is 0 Å². The molecule has 0 bridgehead atoms. The first kappa shape index (κ1) is 19.1. The van der Waals surface area contributed by atoms with Gasteiger partial charge in [-0.05, 0) is 62.7 Å². The molecule has 1 aliphatic rings. The van der Waals surface area contributed by atoms with Crippen LogP contribution < -0.4 is 4.90 Å². The quantitative estimate of drug-likeness (QED) is 0.439. The van der Waals surface area contributed by atoms with E-state index in [1.165, 1.54) is 28.2 Å². The number of anilines is 1. The number of benzene rings is 2. The van der Waals surface area contributed by atoms with Crippen molar-refractivity contribution >= 4 is 44.1 Å². The molecule has 0 N–H and O–H groups in total. The molecule has 2 aromatic carbocycles. The Kier molecular flexibility index (Phi) is 4.70. The summed E-state index contributed by atoms with van der Waals surface area (Å²) in [6.45, 7) is 8.72. The number of amides is 1. The summed E-state index contributed by atoms with van der Waals surface area (Å²) in [5.74, 6) is 0.119. The van der Waals surface area contributed by atoms with Crippen molar-refractivity contribution in [2.75, 3.05) is 24.5 Å². The summed E-state index contributed by atoms with van der Waals surface area (Å²) in [4.78, 5) is 24.1. The maximum atomic E-state index is 13.2. The lowest BCUT2D eigenvalue weighted by Crippen LogP contribution is -2.53. The number of piperazine rings is 1. The minimum Gasteiger partial charge on any atom is -0.365 e. The maximum Gasteiger partial charge on any atom is 0.264 e. The number of hydrogen-bond acceptors (Lipinski definition) is 4. The number of thiophene rings is 1. The molecule has 1 saturated heterocycles.